The molecule has 4 aromatic rings. The molecule has 190 valence electrons. The molecule has 0 aliphatic carbocycles. The lowest BCUT2D eigenvalue weighted by Gasteiger charge is -2.17. The summed E-state index contributed by atoms with van der Waals surface area (Å²) in [6, 6.07) is 11.1. The van der Waals surface area contributed by atoms with Gasteiger partial charge in [-0.2, -0.15) is 18.3 Å². The van der Waals surface area contributed by atoms with E-state index in [-0.39, 0.29) is 29.5 Å². The largest absolute Gasteiger partial charge is 0.453 e. The molecule has 5 rings (SSSR count). The Kier molecular flexibility index (Phi) is 6.16. The third-order valence-corrected chi connectivity index (χ3v) is 5.98. The first-order valence-corrected chi connectivity index (χ1v) is 11.2. The van der Waals surface area contributed by atoms with Crippen LogP contribution < -0.4 is 4.74 Å². The first-order chi connectivity index (χ1) is 17.6. The average molecular weight is 512 g/mol. The van der Waals surface area contributed by atoms with E-state index >= 15 is 0 Å². The highest BCUT2D eigenvalue weighted by Crippen LogP contribution is 2.37. The molecule has 0 saturated heterocycles. The molecular formula is C26H20F4N4O3. The number of carbonyl (C=O) groups is 1. The summed E-state index contributed by atoms with van der Waals surface area (Å²) in [5, 5.41) is 13.5. The molecule has 1 aliphatic heterocycles. The lowest BCUT2D eigenvalue weighted by atomic mass is 10.1. The number of alkyl halides is 3. The van der Waals surface area contributed by atoms with Gasteiger partial charge in [-0.05, 0) is 41.0 Å². The number of aliphatic hydroxyl groups is 1. The van der Waals surface area contributed by atoms with Gasteiger partial charge in [0.1, 0.15) is 5.75 Å². The van der Waals surface area contributed by atoms with E-state index in [4.69, 9.17) is 4.74 Å². The molecule has 0 radical (unpaired) electrons. The fourth-order valence-electron chi connectivity index (χ4n) is 4.14. The zero-order valence-electron chi connectivity index (χ0n) is 19.4. The van der Waals surface area contributed by atoms with Crippen LogP contribution in [-0.4, -0.2) is 36.9 Å². The van der Waals surface area contributed by atoms with Gasteiger partial charge in [0.2, 0.25) is 0 Å². The minimum absolute atomic E-state index is 0.0815. The number of aliphatic hydroxyl groups excluding tert-OH is 1. The van der Waals surface area contributed by atoms with Crippen molar-refractivity contribution in [3.8, 4) is 22.8 Å². The normalized spacial score (nSPS) is 14.1. The molecule has 1 unspecified atom stereocenters. The summed E-state index contributed by atoms with van der Waals surface area (Å²) in [6.45, 7) is 0.584. The van der Waals surface area contributed by atoms with Crippen LogP contribution in [0, 0.1) is 5.82 Å². The van der Waals surface area contributed by atoms with Crippen LogP contribution in [0.5, 0.6) is 11.5 Å². The summed E-state index contributed by atoms with van der Waals surface area (Å²) in [5.41, 5.74) is 2.70. The Labute approximate surface area is 208 Å². The molecule has 2 aromatic heterocycles. The summed E-state index contributed by atoms with van der Waals surface area (Å²) in [6.07, 6.45) is -2.51. The number of nitrogens with zero attached hydrogens (tertiary/aromatic N) is 4. The first kappa shape index (κ1) is 24.4. The third-order valence-electron chi connectivity index (χ3n) is 5.98. The summed E-state index contributed by atoms with van der Waals surface area (Å²) in [5.74, 6) is -1.71. The van der Waals surface area contributed by atoms with Crippen molar-refractivity contribution >= 4 is 5.91 Å². The van der Waals surface area contributed by atoms with E-state index in [1.807, 2.05) is 25.4 Å². The number of benzene rings is 2. The number of amides is 1. The molecule has 1 N–H and O–H groups in total. The minimum atomic E-state index is -4.93. The van der Waals surface area contributed by atoms with Crippen molar-refractivity contribution in [3.63, 3.8) is 0 Å². The maximum Gasteiger partial charge on any atom is 0.418 e. The van der Waals surface area contributed by atoms with Gasteiger partial charge in [0, 0.05) is 38.1 Å². The zero-order valence-corrected chi connectivity index (χ0v) is 19.4. The Bertz CT molecular complexity index is 1470. The zero-order chi connectivity index (χ0) is 26.3. The number of hydrogen-bond acceptors (Lipinski definition) is 5. The van der Waals surface area contributed by atoms with Crippen LogP contribution in [0.25, 0.3) is 11.3 Å². The molecule has 1 amide bonds. The van der Waals surface area contributed by atoms with Gasteiger partial charge in [-0.3, -0.25) is 14.5 Å². The average Bonchev–Trinajstić information content (AvgIpc) is 3.43. The van der Waals surface area contributed by atoms with E-state index in [1.54, 1.807) is 34.1 Å². The van der Waals surface area contributed by atoms with Crippen molar-refractivity contribution in [1.29, 1.82) is 0 Å². The number of aromatic nitrogens is 3. The summed E-state index contributed by atoms with van der Waals surface area (Å²) < 4.78 is 60.1. The van der Waals surface area contributed by atoms with Gasteiger partial charge in [-0.1, -0.05) is 24.3 Å². The SMILES string of the molecule is Cn1cc(-c2ccc(CN3Cc4cccc(Oc5ccc(C(O)C(F)(F)F)cc5F)c4C3=O)cn2)cn1. The highest BCUT2D eigenvalue weighted by molar-refractivity contribution is 6.01. The summed E-state index contributed by atoms with van der Waals surface area (Å²) in [7, 11) is 1.81. The number of aryl methyl sites for hydroxylation is 1. The second-order valence-electron chi connectivity index (χ2n) is 8.64. The van der Waals surface area contributed by atoms with Crippen LogP contribution in [0.2, 0.25) is 0 Å². The highest BCUT2D eigenvalue weighted by Gasteiger charge is 2.39. The van der Waals surface area contributed by atoms with Crippen molar-refractivity contribution in [3.05, 3.63) is 95.2 Å². The van der Waals surface area contributed by atoms with Crippen LogP contribution >= 0.6 is 0 Å². The van der Waals surface area contributed by atoms with Crippen LogP contribution in [0.4, 0.5) is 17.6 Å². The van der Waals surface area contributed by atoms with Gasteiger partial charge in [0.05, 0.1) is 17.5 Å². The van der Waals surface area contributed by atoms with E-state index in [1.165, 1.54) is 6.07 Å². The first-order valence-electron chi connectivity index (χ1n) is 11.2. The Morgan fingerprint density at radius 1 is 1.11 bits per heavy atom. The van der Waals surface area contributed by atoms with Crippen molar-refractivity contribution < 1.29 is 32.2 Å². The van der Waals surface area contributed by atoms with E-state index in [0.29, 0.717) is 18.2 Å². The molecule has 1 atom stereocenters. The topological polar surface area (TPSA) is 80.5 Å². The smallest absolute Gasteiger partial charge is 0.418 e. The van der Waals surface area contributed by atoms with E-state index in [2.05, 4.69) is 10.1 Å². The number of ether oxygens (including phenoxy) is 1. The number of pyridine rings is 1. The molecular weight excluding hydrogens is 492 g/mol. The molecule has 37 heavy (non-hydrogen) atoms. The van der Waals surface area contributed by atoms with Crippen LogP contribution in [0.3, 0.4) is 0 Å². The second kappa shape index (κ2) is 9.32. The molecule has 11 heteroatoms. The quantitative estimate of drug-likeness (QED) is 0.361. The van der Waals surface area contributed by atoms with Gasteiger partial charge in [0.25, 0.3) is 5.91 Å². The van der Waals surface area contributed by atoms with Gasteiger partial charge < -0.3 is 14.7 Å². The fraction of sp³-hybridized carbons (Fsp3) is 0.192. The number of fused-ring (bicyclic) bond motifs is 1. The van der Waals surface area contributed by atoms with Crippen LogP contribution in [0.1, 0.15) is 33.2 Å². The van der Waals surface area contributed by atoms with E-state index in [0.717, 1.165) is 29.0 Å². The van der Waals surface area contributed by atoms with Gasteiger partial charge >= 0.3 is 6.18 Å². The van der Waals surface area contributed by atoms with Crippen molar-refractivity contribution in [2.75, 3.05) is 0 Å². The van der Waals surface area contributed by atoms with Gasteiger partial charge in [0.15, 0.2) is 17.7 Å². The predicted octanol–water partition coefficient (Wildman–Crippen LogP) is 5.17. The Morgan fingerprint density at radius 3 is 2.57 bits per heavy atom. The molecule has 0 fully saturated rings. The number of halogens is 4. The number of rotatable bonds is 6. The van der Waals surface area contributed by atoms with E-state index < -0.39 is 23.7 Å². The second-order valence-corrected chi connectivity index (χ2v) is 8.64. The molecule has 7 nitrogen and oxygen atoms in total. The highest BCUT2D eigenvalue weighted by atomic mass is 19.4. The van der Waals surface area contributed by atoms with Crippen LogP contribution in [0.15, 0.2) is 67.1 Å². The lowest BCUT2D eigenvalue weighted by Crippen LogP contribution is -2.23. The standard InChI is InChI=1S/C26H20F4N4O3/c1-33-13-18(11-32-33)20-7-5-15(10-31-20)12-34-14-17-3-2-4-22(23(17)25(34)36)37-21-8-6-16(9-19(21)27)24(35)26(28,29)30/h2-11,13,24,35H,12,14H2,1H3. The maximum atomic E-state index is 14.5. The number of carbonyl (C=O) groups excluding carboxylic acids is 1. The van der Waals surface area contributed by atoms with E-state index in [9.17, 15) is 27.5 Å². The monoisotopic (exact) mass is 512 g/mol. The molecule has 2 aromatic carbocycles. The molecule has 1 aliphatic rings. The minimum Gasteiger partial charge on any atom is -0.453 e. The molecule has 0 bridgehead atoms. The Morgan fingerprint density at radius 2 is 1.92 bits per heavy atom. The summed E-state index contributed by atoms with van der Waals surface area (Å²) in [4.78, 5) is 19.2. The number of hydrogen-bond donors (Lipinski definition) is 1. The van der Waals surface area contributed by atoms with Crippen molar-refractivity contribution in [2.24, 2.45) is 7.05 Å². The van der Waals surface area contributed by atoms with Gasteiger partial charge in [-0.15, -0.1) is 0 Å². The Hall–Kier alpha value is -4.25. The third kappa shape index (κ3) is 4.90. The molecule has 0 spiro atoms. The Balaban J connectivity index is 1.32. The van der Waals surface area contributed by atoms with Gasteiger partial charge in [-0.25, -0.2) is 4.39 Å². The summed E-state index contributed by atoms with van der Waals surface area (Å²) >= 11 is 0. The fourth-order valence-corrected chi connectivity index (χ4v) is 4.14. The maximum absolute atomic E-state index is 14.5. The molecule has 3 heterocycles. The molecule has 0 saturated carbocycles. The van der Waals surface area contributed by atoms with Crippen molar-refractivity contribution in [1.82, 2.24) is 19.7 Å². The lowest BCUT2D eigenvalue weighted by molar-refractivity contribution is -0.206. The van der Waals surface area contributed by atoms with Crippen molar-refractivity contribution in [2.45, 2.75) is 25.4 Å². The van der Waals surface area contributed by atoms with Crippen LogP contribution in [-0.2, 0) is 20.1 Å². The predicted molar refractivity (Wildman–Crippen MR) is 124 cm³/mol.